The molecule has 5 rings (SSSR count). The lowest BCUT2D eigenvalue weighted by atomic mass is 9.93. The van der Waals surface area contributed by atoms with Crippen molar-refractivity contribution in [1.29, 1.82) is 0 Å². The van der Waals surface area contributed by atoms with E-state index in [0.29, 0.717) is 30.2 Å². The predicted molar refractivity (Wildman–Crippen MR) is 157 cm³/mol. The van der Waals surface area contributed by atoms with Crippen molar-refractivity contribution >= 4 is 28.8 Å². The SMILES string of the molecule is COC(=O)C1=C(C)N=C2SC=C(CC(=O)N(C)Cc3ccccc3)N2C1c1cccc(OCc2ccccc2)c1. The van der Waals surface area contributed by atoms with Gasteiger partial charge in [-0.2, -0.15) is 0 Å². The highest BCUT2D eigenvalue weighted by Crippen LogP contribution is 2.45. The molecule has 8 heteroatoms. The first kappa shape index (κ1) is 27.3. The zero-order valence-corrected chi connectivity index (χ0v) is 23.6. The fourth-order valence-corrected chi connectivity index (χ4v) is 5.77. The number of hydrogen-bond donors (Lipinski definition) is 0. The number of allylic oxidation sites excluding steroid dienone is 1. The Hall–Kier alpha value is -4.30. The van der Waals surface area contributed by atoms with Gasteiger partial charge in [-0.1, -0.05) is 84.6 Å². The van der Waals surface area contributed by atoms with Crippen LogP contribution >= 0.6 is 11.8 Å². The maximum Gasteiger partial charge on any atom is 0.338 e. The van der Waals surface area contributed by atoms with Crippen LogP contribution in [0.25, 0.3) is 0 Å². The predicted octanol–water partition coefficient (Wildman–Crippen LogP) is 6.06. The minimum atomic E-state index is -0.520. The average Bonchev–Trinajstić information content (AvgIpc) is 3.37. The fraction of sp³-hybridized carbons (Fsp3) is 0.219. The zero-order valence-electron chi connectivity index (χ0n) is 22.7. The Bertz CT molecular complexity index is 1480. The number of hydrogen-bond acceptors (Lipinski definition) is 7. The number of methoxy groups -OCH3 is 1. The van der Waals surface area contributed by atoms with Crippen LogP contribution in [0.2, 0.25) is 0 Å². The largest absolute Gasteiger partial charge is 0.489 e. The van der Waals surface area contributed by atoms with Crippen molar-refractivity contribution in [2.24, 2.45) is 4.99 Å². The molecule has 0 spiro atoms. The first-order valence-electron chi connectivity index (χ1n) is 13.0. The van der Waals surface area contributed by atoms with Crippen molar-refractivity contribution < 1.29 is 19.1 Å². The van der Waals surface area contributed by atoms with E-state index in [0.717, 1.165) is 27.6 Å². The van der Waals surface area contributed by atoms with Gasteiger partial charge in [0.1, 0.15) is 12.4 Å². The number of amidine groups is 1. The summed E-state index contributed by atoms with van der Waals surface area (Å²) in [5, 5.41) is 2.67. The minimum absolute atomic E-state index is 0.0264. The summed E-state index contributed by atoms with van der Waals surface area (Å²) in [6.45, 7) is 2.75. The summed E-state index contributed by atoms with van der Waals surface area (Å²) in [5.74, 6) is 0.203. The van der Waals surface area contributed by atoms with Gasteiger partial charge in [0.15, 0.2) is 5.17 Å². The number of carbonyl (C=O) groups is 2. The summed E-state index contributed by atoms with van der Waals surface area (Å²) < 4.78 is 11.3. The van der Waals surface area contributed by atoms with E-state index in [9.17, 15) is 9.59 Å². The Morgan fingerprint density at radius 2 is 1.68 bits per heavy atom. The number of rotatable bonds is 9. The topological polar surface area (TPSA) is 71.4 Å². The molecule has 3 aromatic carbocycles. The standard InChI is InChI=1S/C32H31N3O4S/c1-22-29(31(37)38-3)30(25-15-10-16-27(17-25)39-20-24-13-8-5-9-14-24)35-26(21-40-32(35)33-22)18-28(36)34(2)19-23-11-6-4-7-12-23/h4-17,21,30H,18-20H2,1-3H3. The Morgan fingerprint density at radius 1 is 0.975 bits per heavy atom. The van der Waals surface area contributed by atoms with Crippen LogP contribution in [-0.4, -0.2) is 41.0 Å². The number of esters is 1. The van der Waals surface area contributed by atoms with Crippen LogP contribution in [0, 0.1) is 0 Å². The zero-order chi connectivity index (χ0) is 28.1. The lowest BCUT2D eigenvalue weighted by molar-refractivity contribution is -0.136. The van der Waals surface area contributed by atoms with Gasteiger partial charge in [-0.15, -0.1) is 0 Å². The molecule has 3 aromatic rings. The summed E-state index contributed by atoms with van der Waals surface area (Å²) in [5.41, 5.74) is 4.77. The molecular formula is C32H31N3O4S. The molecule has 0 radical (unpaired) electrons. The third-order valence-electron chi connectivity index (χ3n) is 6.85. The average molecular weight is 554 g/mol. The Morgan fingerprint density at radius 3 is 2.38 bits per heavy atom. The molecular weight excluding hydrogens is 522 g/mol. The molecule has 204 valence electrons. The van der Waals surface area contributed by atoms with Crippen LogP contribution < -0.4 is 4.74 Å². The second-order valence-electron chi connectivity index (χ2n) is 9.64. The molecule has 0 bridgehead atoms. The van der Waals surface area contributed by atoms with E-state index in [1.165, 1.54) is 18.9 Å². The molecule has 40 heavy (non-hydrogen) atoms. The Labute approximate surface area is 238 Å². The van der Waals surface area contributed by atoms with E-state index < -0.39 is 12.0 Å². The van der Waals surface area contributed by atoms with E-state index in [1.807, 2.05) is 102 Å². The number of carbonyl (C=O) groups excluding carboxylic acids is 2. The van der Waals surface area contributed by atoms with Crippen molar-refractivity contribution in [3.63, 3.8) is 0 Å². The molecule has 0 fully saturated rings. The maximum atomic E-state index is 13.3. The van der Waals surface area contributed by atoms with Crippen molar-refractivity contribution in [3.05, 3.63) is 124 Å². The van der Waals surface area contributed by atoms with Crippen LogP contribution in [0.15, 0.2) is 112 Å². The maximum absolute atomic E-state index is 13.3. The lowest BCUT2D eigenvalue weighted by Crippen LogP contribution is -2.38. The summed E-state index contributed by atoms with van der Waals surface area (Å²) in [6, 6.07) is 27.0. The highest BCUT2D eigenvalue weighted by atomic mass is 32.2. The minimum Gasteiger partial charge on any atom is -0.489 e. The first-order chi connectivity index (χ1) is 19.4. The summed E-state index contributed by atoms with van der Waals surface area (Å²) in [6.07, 6.45) is 0.170. The molecule has 1 atom stereocenters. The highest BCUT2D eigenvalue weighted by Gasteiger charge is 2.41. The number of fused-ring (bicyclic) bond motifs is 1. The molecule has 0 aliphatic carbocycles. The lowest BCUT2D eigenvalue weighted by Gasteiger charge is -2.36. The molecule has 2 heterocycles. The van der Waals surface area contributed by atoms with Gasteiger partial charge >= 0.3 is 5.97 Å². The second kappa shape index (κ2) is 12.3. The molecule has 7 nitrogen and oxygen atoms in total. The molecule has 0 saturated carbocycles. The van der Waals surface area contributed by atoms with Gasteiger partial charge in [-0.05, 0) is 41.2 Å². The number of aliphatic imine (C=N–C) groups is 1. The van der Waals surface area contributed by atoms with Crippen LogP contribution in [0.1, 0.15) is 36.1 Å². The van der Waals surface area contributed by atoms with Gasteiger partial charge in [0, 0.05) is 19.3 Å². The monoisotopic (exact) mass is 553 g/mol. The molecule has 0 N–H and O–H groups in total. The highest BCUT2D eigenvalue weighted by molar-refractivity contribution is 8.16. The smallest absolute Gasteiger partial charge is 0.338 e. The van der Waals surface area contributed by atoms with Crippen molar-refractivity contribution in [2.45, 2.75) is 32.5 Å². The summed E-state index contributed by atoms with van der Waals surface area (Å²) in [4.78, 5) is 34.8. The number of thioether (sulfide) groups is 1. The fourth-order valence-electron chi connectivity index (χ4n) is 4.81. The number of ether oxygens (including phenoxy) is 2. The van der Waals surface area contributed by atoms with Crippen LogP contribution in [0.4, 0.5) is 0 Å². The first-order valence-corrected chi connectivity index (χ1v) is 13.9. The van der Waals surface area contributed by atoms with Gasteiger partial charge in [0.25, 0.3) is 0 Å². The molecule has 1 unspecified atom stereocenters. The van der Waals surface area contributed by atoms with Gasteiger partial charge < -0.3 is 19.3 Å². The third kappa shape index (κ3) is 5.97. The molecule has 2 aliphatic rings. The normalized spacial score (nSPS) is 16.2. The van der Waals surface area contributed by atoms with Crippen LogP contribution in [-0.2, 0) is 27.5 Å². The van der Waals surface area contributed by atoms with E-state index >= 15 is 0 Å². The number of nitrogens with zero attached hydrogens (tertiary/aromatic N) is 3. The molecule has 0 aromatic heterocycles. The summed E-state index contributed by atoms with van der Waals surface area (Å²) >= 11 is 1.45. The van der Waals surface area contributed by atoms with Gasteiger partial charge in [0.05, 0.1) is 30.8 Å². The van der Waals surface area contributed by atoms with Gasteiger partial charge in [-0.3, -0.25) is 4.79 Å². The molecule has 2 aliphatic heterocycles. The van der Waals surface area contributed by atoms with Gasteiger partial charge in [-0.25, -0.2) is 9.79 Å². The second-order valence-corrected chi connectivity index (χ2v) is 10.5. The number of amides is 1. The third-order valence-corrected chi connectivity index (χ3v) is 7.74. The van der Waals surface area contributed by atoms with E-state index in [2.05, 4.69) is 0 Å². The quantitative estimate of drug-likeness (QED) is 0.300. The van der Waals surface area contributed by atoms with Gasteiger partial charge in [0.2, 0.25) is 5.91 Å². The Kier molecular flexibility index (Phi) is 8.36. The van der Waals surface area contributed by atoms with E-state index in [4.69, 9.17) is 14.5 Å². The molecule has 1 amide bonds. The van der Waals surface area contributed by atoms with Crippen molar-refractivity contribution in [2.75, 3.05) is 14.2 Å². The van der Waals surface area contributed by atoms with E-state index in [1.54, 1.807) is 11.9 Å². The Balaban J connectivity index is 1.42. The molecule has 0 saturated heterocycles. The number of benzene rings is 3. The van der Waals surface area contributed by atoms with Crippen LogP contribution in [0.3, 0.4) is 0 Å². The van der Waals surface area contributed by atoms with Crippen molar-refractivity contribution in [1.82, 2.24) is 9.80 Å². The van der Waals surface area contributed by atoms with Crippen molar-refractivity contribution in [3.8, 4) is 5.75 Å². The van der Waals surface area contributed by atoms with Crippen LogP contribution in [0.5, 0.6) is 5.75 Å². The van der Waals surface area contributed by atoms with E-state index in [-0.39, 0.29) is 12.3 Å². The summed E-state index contributed by atoms with van der Waals surface area (Å²) in [7, 11) is 3.17.